The number of hydrogen-bond donors (Lipinski definition) is 0. The van der Waals surface area contributed by atoms with E-state index in [1.165, 1.54) is 5.01 Å². The number of fused-ring (bicyclic) bond motifs is 1. The second kappa shape index (κ2) is 10.1. The Morgan fingerprint density at radius 1 is 1.03 bits per heavy atom. The number of aldehydes is 1. The molecule has 35 heavy (non-hydrogen) atoms. The molecule has 0 radical (unpaired) electrons. The van der Waals surface area contributed by atoms with E-state index in [0.29, 0.717) is 30.1 Å². The first-order valence-corrected chi connectivity index (χ1v) is 12.3. The number of thiophene rings is 1. The molecule has 176 valence electrons. The van der Waals surface area contributed by atoms with Crippen molar-refractivity contribution >= 4 is 40.0 Å². The summed E-state index contributed by atoms with van der Waals surface area (Å²) in [5.41, 5.74) is 2.35. The Labute approximate surface area is 207 Å². The minimum atomic E-state index is -0.249. The average Bonchev–Trinajstić information content (AvgIpc) is 3.58. The predicted molar refractivity (Wildman–Crippen MR) is 138 cm³/mol. The van der Waals surface area contributed by atoms with Crippen LogP contribution >= 0.6 is 11.3 Å². The molecule has 4 aromatic rings. The van der Waals surface area contributed by atoms with Crippen molar-refractivity contribution in [2.24, 2.45) is 5.10 Å². The first-order valence-electron chi connectivity index (χ1n) is 11.4. The number of ether oxygens (including phenoxy) is 2. The van der Waals surface area contributed by atoms with Crippen LogP contribution in [0.15, 0.2) is 83.3 Å². The molecule has 1 aromatic heterocycles. The van der Waals surface area contributed by atoms with Gasteiger partial charge in [0.2, 0.25) is 0 Å². The van der Waals surface area contributed by atoms with Crippen molar-refractivity contribution in [3.63, 3.8) is 0 Å². The molecule has 0 saturated carbocycles. The van der Waals surface area contributed by atoms with Crippen molar-refractivity contribution in [2.75, 3.05) is 13.2 Å². The van der Waals surface area contributed by atoms with Crippen LogP contribution in [0.25, 0.3) is 10.8 Å². The highest BCUT2D eigenvalue weighted by atomic mass is 32.1. The molecular weight excluding hydrogens is 460 g/mol. The molecule has 1 amide bonds. The minimum absolute atomic E-state index is 0.184. The maximum Gasteiger partial charge on any atom is 0.281 e. The molecule has 1 atom stereocenters. The molecule has 2 heterocycles. The van der Waals surface area contributed by atoms with Gasteiger partial charge in [-0.15, -0.1) is 11.3 Å². The third-order valence-corrected chi connectivity index (χ3v) is 6.85. The second-order valence-electron chi connectivity index (χ2n) is 8.13. The Bertz CT molecular complexity index is 1400. The van der Waals surface area contributed by atoms with E-state index in [0.717, 1.165) is 33.2 Å². The molecule has 1 unspecified atom stereocenters. The monoisotopic (exact) mass is 484 g/mol. The van der Waals surface area contributed by atoms with Gasteiger partial charge in [0.1, 0.15) is 6.29 Å². The standard InChI is InChI=1S/C28H24N2O4S/c1-2-33-26-14-19(17-31)9-12-25(26)34-18-28(32)30-24(27-8-5-13-35-27)16-23(29-30)22-11-10-20-6-3-4-7-21(20)15-22/h3-15,17,24H,2,16,18H2,1H3. The van der Waals surface area contributed by atoms with E-state index < -0.39 is 0 Å². The van der Waals surface area contributed by atoms with Gasteiger partial charge in [0, 0.05) is 16.9 Å². The minimum Gasteiger partial charge on any atom is -0.490 e. The number of benzene rings is 3. The lowest BCUT2D eigenvalue weighted by molar-refractivity contribution is -0.135. The summed E-state index contributed by atoms with van der Waals surface area (Å²) < 4.78 is 11.4. The van der Waals surface area contributed by atoms with E-state index in [-0.39, 0.29) is 18.6 Å². The van der Waals surface area contributed by atoms with E-state index in [1.54, 1.807) is 29.5 Å². The fourth-order valence-corrected chi connectivity index (χ4v) is 4.99. The molecular formula is C28H24N2O4S. The van der Waals surface area contributed by atoms with Crippen molar-refractivity contribution in [1.29, 1.82) is 0 Å². The zero-order valence-electron chi connectivity index (χ0n) is 19.2. The van der Waals surface area contributed by atoms with Crippen LogP contribution in [0.4, 0.5) is 0 Å². The number of amides is 1. The molecule has 1 aliphatic heterocycles. The summed E-state index contributed by atoms with van der Waals surface area (Å²) in [5.74, 6) is 0.596. The van der Waals surface area contributed by atoms with Crippen molar-refractivity contribution in [3.05, 3.63) is 94.2 Å². The Hall–Kier alpha value is -3.97. The third kappa shape index (κ3) is 4.81. The molecule has 7 heteroatoms. The van der Waals surface area contributed by atoms with Crippen LogP contribution in [0.2, 0.25) is 0 Å². The van der Waals surface area contributed by atoms with Crippen LogP contribution in [0, 0.1) is 0 Å². The highest BCUT2D eigenvalue weighted by molar-refractivity contribution is 7.10. The molecule has 1 aliphatic rings. The van der Waals surface area contributed by atoms with E-state index in [4.69, 9.17) is 14.6 Å². The number of rotatable bonds is 8. The number of hydrazone groups is 1. The van der Waals surface area contributed by atoms with Crippen LogP contribution in [0.3, 0.4) is 0 Å². The highest BCUT2D eigenvalue weighted by Crippen LogP contribution is 2.36. The fourth-order valence-electron chi connectivity index (χ4n) is 4.18. The van der Waals surface area contributed by atoms with Gasteiger partial charge in [-0.3, -0.25) is 9.59 Å². The SMILES string of the molecule is CCOc1cc(C=O)ccc1OCC(=O)N1N=C(c2ccc3ccccc3c2)CC1c1cccs1. The normalized spacial score (nSPS) is 15.2. The largest absolute Gasteiger partial charge is 0.490 e. The Morgan fingerprint density at radius 3 is 2.66 bits per heavy atom. The summed E-state index contributed by atoms with van der Waals surface area (Å²) in [6.45, 7) is 2.07. The van der Waals surface area contributed by atoms with Crippen molar-refractivity contribution in [3.8, 4) is 11.5 Å². The molecule has 0 aliphatic carbocycles. The van der Waals surface area contributed by atoms with Gasteiger partial charge in [0.25, 0.3) is 5.91 Å². The summed E-state index contributed by atoms with van der Waals surface area (Å²) >= 11 is 1.61. The first-order chi connectivity index (χ1) is 17.2. The molecule has 0 fully saturated rings. The Balaban J connectivity index is 1.40. The predicted octanol–water partition coefficient (Wildman–Crippen LogP) is 5.87. The van der Waals surface area contributed by atoms with Gasteiger partial charge in [0.05, 0.1) is 18.4 Å². The van der Waals surface area contributed by atoms with Gasteiger partial charge in [-0.25, -0.2) is 5.01 Å². The molecule has 0 saturated heterocycles. The summed E-state index contributed by atoms with van der Waals surface area (Å²) in [7, 11) is 0. The van der Waals surface area contributed by atoms with Gasteiger partial charge in [-0.2, -0.15) is 5.10 Å². The lowest BCUT2D eigenvalue weighted by atomic mass is 10.00. The van der Waals surface area contributed by atoms with Crippen molar-refractivity contribution < 1.29 is 19.1 Å². The van der Waals surface area contributed by atoms with Gasteiger partial charge < -0.3 is 9.47 Å². The zero-order valence-corrected chi connectivity index (χ0v) is 20.0. The van der Waals surface area contributed by atoms with Crippen LogP contribution in [0.1, 0.15) is 40.2 Å². The van der Waals surface area contributed by atoms with Crippen LogP contribution in [-0.4, -0.2) is 36.1 Å². The van der Waals surface area contributed by atoms with Crippen molar-refractivity contribution in [2.45, 2.75) is 19.4 Å². The first kappa shape index (κ1) is 22.8. The molecule has 0 spiro atoms. The van der Waals surface area contributed by atoms with E-state index in [1.807, 2.05) is 36.6 Å². The number of hydrogen-bond acceptors (Lipinski definition) is 6. The smallest absolute Gasteiger partial charge is 0.281 e. The van der Waals surface area contributed by atoms with Crippen LogP contribution < -0.4 is 9.47 Å². The quantitative estimate of drug-likeness (QED) is 0.293. The van der Waals surface area contributed by atoms with Gasteiger partial charge in [0.15, 0.2) is 18.1 Å². The molecule has 6 nitrogen and oxygen atoms in total. The molecule has 5 rings (SSSR count). The van der Waals surface area contributed by atoms with E-state index in [9.17, 15) is 9.59 Å². The third-order valence-electron chi connectivity index (χ3n) is 5.88. The lowest BCUT2D eigenvalue weighted by Crippen LogP contribution is -2.31. The Morgan fingerprint density at radius 2 is 1.89 bits per heavy atom. The van der Waals surface area contributed by atoms with Crippen LogP contribution in [0.5, 0.6) is 11.5 Å². The van der Waals surface area contributed by atoms with Crippen molar-refractivity contribution in [1.82, 2.24) is 5.01 Å². The molecule has 0 bridgehead atoms. The van der Waals surface area contributed by atoms with Gasteiger partial charge in [-0.05, 0) is 59.0 Å². The van der Waals surface area contributed by atoms with Gasteiger partial charge in [-0.1, -0.05) is 42.5 Å². The number of nitrogens with zero attached hydrogens (tertiary/aromatic N) is 2. The topological polar surface area (TPSA) is 68.2 Å². The summed E-state index contributed by atoms with van der Waals surface area (Å²) in [6.07, 6.45) is 1.37. The van der Waals surface area contributed by atoms with E-state index in [2.05, 4.69) is 30.3 Å². The number of carbonyl (C=O) groups excluding carboxylic acids is 2. The summed E-state index contributed by atoms with van der Waals surface area (Å²) in [6, 6.07) is 23.2. The van der Waals surface area contributed by atoms with Crippen LogP contribution in [-0.2, 0) is 4.79 Å². The highest BCUT2D eigenvalue weighted by Gasteiger charge is 2.34. The summed E-state index contributed by atoms with van der Waals surface area (Å²) in [4.78, 5) is 25.5. The average molecular weight is 485 g/mol. The second-order valence-corrected chi connectivity index (χ2v) is 9.11. The van der Waals surface area contributed by atoms with E-state index >= 15 is 0 Å². The van der Waals surface area contributed by atoms with Gasteiger partial charge >= 0.3 is 0 Å². The molecule has 0 N–H and O–H groups in total. The number of carbonyl (C=O) groups is 2. The fraction of sp³-hybridized carbons (Fsp3) is 0.179. The zero-order chi connectivity index (χ0) is 24.2. The molecule has 3 aromatic carbocycles. The summed E-state index contributed by atoms with van der Waals surface area (Å²) in [5, 5.41) is 10.6. The Kier molecular flexibility index (Phi) is 6.59. The lowest BCUT2D eigenvalue weighted by Gasteiger charge is -2.21. The maximum absolute atomic E-state index is 13.3. The maximum atomic E-state index is 13.3.